The normalized spacial score (nSPS) is 20.5. The highest BCUT2D eigenvalue weighted by atomic mass is 35.5. The molecule has 2 aliphatic heterocycles. The van der Waals surface area contributed by atoms with Crippen molar-refractivity contribution in [2.24, 2.45) is 0 Å². The van der Waals surface area contributed by atoms with E-state index in [0.29, 0.717) is 5.56 Å². The zero-order valence-electron chi connectivity index (χ0n) is 19.9. The Hall–Kier alpha value is -3.22. The van der Waals surface area contributed by atoms with Crippen LogP contribution in [-0.4, -0.2) is 36.0 Å². The number of fused-ring (bicyclic) bond motifs is 1. The number of halogens is 3. The predicted molar refractivity (Wildman–Crippen MR) is 133 cm³/mol. The van der Waals surface area contributed by atoms with E-state index in [1.54, 1.807) is 0 Å². The topological polar surface area (TPSA) is 94.7 Å². The minimum atomic E-state index is -1.10. The maximum absolute atomic E-state index is 15.8. The van der Waals surface area contributed by atoms with E-state index in [9.17, 15) is 10.4 Å². The minimum absolute atomic E-state index is 0.0142. The molecule has 37 heavy (non-hydrogen) atoms. The van der Waals surface area contributed by atoms with Crippen LogP contribution < -0.4 is 10.1 Å². The van der Waals surface area contributed by atoms with E-state index in [4.69, 9.17) is 26.2 Å². The number of phenolic OH excluding ortho intramolecular Hbond substituents is 1. The maximum Gasteiger partial charge on any atom is 0.174 e. The molecule has 0 unspecified atom stereocenters. The molecule has 1 saturated heterocycles. The van der Waals surface area contributed by atoms with Crippen molar-refractivity contribution < 1.29 is 28.5 Å². The van der Waals surface area contributed by atoms with Crippen LogP contribution in [0.3, 0.4) is 0 Å². The fourth-order valence-corrected chi connectivity index (χ4v) is 5.67. The van der Waals surface area contributed by atoms with Crippen LogP contribution in [-0.2, 0) is 23.4 Å². The van der Waals surface area contributed by atoms with Gasteiger partial charge in [-0.2, -0.15) is 5.26 Å². The molecule has 2 heterocycles. The Bertz CT molecular complexity index is 1370. The molecule has 0 amide bonds. The highest BCUT2D eigenvalue weighted by Gasteiger charge is 2.50. The standard InChI is InChI=1S/C28H25ClF2N2O4/c29-25-20(30)12-21-19(13-28(37-21,22-7-4-8-33-22)18-5-2-1-3-6-18)24(25)23-16(14-32)11-17(15-36-10-9-34)27(35)26(23)31/h1-3,5-6,11-12,22,33-35H,4,7-10,13,15H2/t22-,28-/m0/s1. The smallest absolute Gasteiger partial charge is 0.174 e. The lowest BCUT2D eigenvalue weighted by Gasteiger charge is -2.35. The first-order valence-corrected chi connectivity index (χ1v) is 12.4. The fourth-order valence-electron chi connectivity index (χ4n) is 5.40. The number of phenols is 1. The van der Waals surface area contributed by atoms with Gasteiger partial charge in [0.15, 0.2) is 17.2 Å². The lowest BCUT2D eigenvalue weighted by atomic mass is 9.80. The second-order valence-corrected chi connectivity index (χ2v) is 9.59. The van der Waals surface area contributed by atoms with Gasteiger partial charge in [-0.05, 0) is 31.0 Å². The molecular weight excluding hydrogens is 502 g/mol. The fraction of sp³-hybridized carbons (Fsp3) is 0.321. The summed E-state index contributed by atoms with van der Waals surface area (Å²) < 4.78 is 42.6. The average Bonchev–Trinajstić information content (AvgIpc) is 3.58. The van der Waals surface area contributed by atoms with Gasteiger partial charge in [-0.15, -0.1) is 0 Å². The van der Waals surface area contributed by atoms with Crippen molar-refractivity contribution in [1.82, 2.24) is 5.32 Å². The van der Waals surface area contributed by atoms with Crippen LogP contribution in [0, 0.1) is 23.0 Å². The Labute approximate surface area is 218 Å². The minimum Gasteiger partial charge on any atom is -0.505 e. The molecule has 3 aromatic carbocycles. The SMILES string of the molecule is N#Cc1cc(COCCO)c(O)c(F)c1-c1c(Cl)c(F)cc2c1C[C@](c1ccccc1)([C@@H]1CCCN1)O2. The van der Waals surface area contributed by atoms with E-state index in [0.717, 1.165) is 24.9 Å². The first-order valence-electron chi connectivity index (χ1n) is 12.0. The average molecular weight is 527 g/mol. The number of hydrogen-bond acceptors (Lipinski definition) is 6. The van der Waals surface area contributed by atoms with Crippen molar-refractivity contribution in [3.05, 3.63) is 81.4 Å². The number of nitrogens with one attached hydrogen (secondary N) is 1. The third-order valence-corrected chi connectivity index (χ3v) is 7.46. The highest BCUT2D eigenvalue weighted by molar-refractivity contribution is 6.34. The van der Waals surface area contributed by atoms with E-state index in [1.807, 2.05) is 36.4 Å². The summed E-state index contributed by atoms with van der Waals surface area (Å²) >= 11 is 6.45. The van der Waals surface area contributed by atoms with Crippen LogP contribution in [0.25, 0.3) is 11.1 Å². The van der Waals surface area contributed by atoms with E-state index in [-0.39, 0.29) is 65.3 Å². The van der Waals surface area contributed by atoms with Gasteiger partial charge in [0.25, 0.3) is 0 Å². The van der Waals surface area contributed by atoms with Crippen LogP contribution >= 0.6 is 11.6 Å². The quantitative estimate of drug-likeness (QED) is 0.377. The van der Waals surface area contributed by atoms with Crippen LogP contribution in [0.4, 0.5) is 8.78 Å². The molecule has 0 saturated carbocycles. The van der Waals surface area contributed by atoms with Crippen molar-refractivity contribution in [2.75, 3.05) is 19.8 Å². The molecule has 9 heteroatoms. The van der Waals surface area contributed by atoms with Crippen LogP contribution in [0.5, 0.6) is 11.5 Å². The third-order valence-electron chi connectivity index (χ3n) is 7.09. The largest absolute Gasteiger partial charge is 0.505 e. The Morgan fingerprint density at radius 1 is 1.22 bits per heavy atom. The molecule has 1 fully saturated rings. The number of nitrogens with zero attached hydrogens (tertiary/aromatic N) is 1. The van der Waals surface area contributed by atoms with Gasteiger partial charge in [0.05, 0.1) is 42.5 Å². The van der Waals surface area contributed by atoms with Crippen molar-refractivity contribution >= 4 is 11.6 Å². The van der Waals surface area contributed by atoms with Crippen molar-refractivity contribution in [3.8, 4) is 28.7 Å². The van der Waals surface area contributed by atoms with Gasteiger partial charge in [-0.1, -0.05) is 41.9 Å². The molecule has 3 N–H and O–H groups in total. The zero-order chi connectivity index (χ0) is 26.2. The molecule has 6 nitrogen and oxygen atoms in total. The number of aliphatic hydroxyl groups is 1. The summed E-state index contributed by atoms with van der Waals surface area (Å²) in [6, 6.07) is 13.9. The molecule has 0 bridgehead atoms. The van der Waals surface area contributed by atoms with Gasteiger partial charge in [-0.3, -0.25) is 0 Å². The summed E-state index contributed by atoms with van der Waals surface area (Å²) in [6.07, 6.45) is 2.03. The Kier molecular flexibility index (Phi) is 7.06. The molecule has 2 atom stereocenters. The van der Waals surface area contributed by atoms with Crippen LogP contribution in [0.2, 0.25) is 5.02 Å². The summed E-state index contributed by atoms with van der Waals surface area (Å²) in [6.45, 7) is 0.307. The van der Waals surface area contributed by atoms with Gasteiger partial charge >= 0.3 is 0 Å². The lowest BCUT2D eigenvalue weighted by molar-refractivity contribution is 0.0539. The molecule has 192 valence electrons. The van der Waals surface area contributed by atoms with Crippen molar-refractivity contribution in [2.45, 2.75) is 37.5 Å². The Morgan fingerprint density at radius 2 is 2.00 bits per heavy atom. The number of hydrogen-bond donors (Lipinski definition) is 3. The maximum atomic E-state index is 15.8. The first kappa shape index (κ1) is 25.4. The van der Waals surface area contributed by atoms with E-state index in [2.05, 4.69) is 5.32 Å². The molecule has 2 aliphatic rings. The number of aliphatic hydroxyl groups excluding tert-OH is 1. The highest BCUT2D eigenvalue weighted by Crippen LogP contribution is 2.52. The molecule has 5 rings (SSSR count). The molecule has 3 aromatic rings. The van der Waals surface area contributed by atoms with Gasteiger partial charge in [0, 0.05) is 34.7 Å². The van der Waals surface area contributed by atoms with Crippen LogP contribution in [0.1, 0.15) is 35.1 Å². The van der Waals surface area contributed by atoms with E-state index >= 15 is 8.78 Å². The third kappa shape index (κ3) is 4.32. The van der Waals surface area contributed by atoms with Gasteiger partial charge < -0.3 is 25.0 Å². The summed E-state index contributed by atoms with van der Waals surface area (Å²) in [4.78, 5) is 0. The Balaban J connectivity index is 1.69. The Morgan fingerprint density at radius 3 is 2.68 bits per heavy atom. The van der Waals surface area contributed by atoms with E-state index in [1.165, 1.54) is 12.1 Å². The summed E-state index contributed by atoms with van der Waals surface area (Å²) in [7, 11) is 0. The number of ether oxygens (including phenoxy) is 2. The predicted octanol–water partition coefficient (Wildman–Crippen LogP) is 4.95. The number of nitriles is 1. The monoisotopic (exact) mass is 526 g/mol. The van der Waals surface area contributed by atoms with Gasteiger partial charge in [0.1, 0.15) is 11.6 Å². The number of aromatic hydroxyl groups is 1. The molecule has 0 radical (unpaired) electrons. The second-order valence-electron chi connectivity index (χ2n) is 9.22. The van der Waals surface area contributed by atoms with Gasteiger partial charge in [0.2, 0.25) is 0 Å². The summed E-state index contributed by atoms with van der Waals surface area (Å²) in [5, 5.41) is 32.6. The summed E-state index contributed by atoms with van der Waals surface area (Å²) in [5.74, 6) is -2.44. The zero-order valence-corrected chi connectivity index (χ0v) is 20.6. The number of rotatable bonds is 7. The molecule has 0 aromatic heterocycles. The molecule has 0 aliphatic carbocycles. The number of benzene rings is 3. The van der Waals surface area contributed by atoms with Crippen molar-refractivity contribution in [1.29, 1.82) is 5.26 Å². The molecular formula is C28H25ClF2N2O4. The summed E-state index contributed by atoms with van der Waals surface area (Å²) in [5.41, 5.74) is 0.0359. The van der Waals surface area contributed by atoms with Crippen LogP contribution in [0.15, 0.2) is 42.5 Å². The second kappa shape index (κ2) is 10.3. The van der Waals surface area contributed by atoms with Crippen molar-refractivity contribution in [3.63, 3.8) is 0 Å². The molecule has 0 spiro atoms. The van der Waals surface area contributed by atoms with E-state index < -0.39 is 23.0 Å². The lowest BCUT2D eigenvalue weighted by Crippen LogP contribution is -2.48. The van der Waals surface area contributed by atoms with Gasteiger partial charge in [-0.25, -0.2) is 8.78 Å². The first-order chi connectivity index (χ1) is 17.9.